The van der Waals surface area contributed by atoms with Gasteiger partial charge < -0.3 is 14.8 Å². The van der Waals surface area contributed by atoms with Crippen LogP contribution in [0.3, 0.4) is 0 Å². The van der Waals surface area contributed by atoms with Gasteiger partial charge in [0.25, 0.3) is 0 Å². The van der Waals surface area contributed by atoms with Crippen molar-refractivity contribution < 1.29 is 27.5 Å². The number of ether oxygens (including phenoxy) is 2. The molecule has 3 rings (SSSR count). The lowest BCUT2D eigenvalue weighted by Crippen LogP contribution is -2.37. The molecule has 0 aromatic heterocycles. The van der Waals surface area contributed by atoms with E-state index in [1.807, 2.05) is 6.07 Å². The third-order valence-electron chi connectivity index (χ3n) is 5.06. The van der Waals surface area contributed by atoms with Crippen LogP contribution in [0.15, 0.2) is 77.7 Å². The third-order valence-corrected chi connectivity index (χ3v) is 6.88. The molecule has 1 N–H and O–H groups in total. The lowest BCUT2D eigenvalue weighted by molar-refractivity contribution is -0.116. The summed E-state index contributed by atoms with van der Waals surface area (Å²) in [5.41, 5.74) is 1.54. The third kappa shape index (κ3) is 6.00. The van der Waals surface area contributed by atoms with Crippen LogP contribution in [-0.2, 0) is 21.4 Å². The number of sulfonamides is 1. The van der Waals surface area contributed by atoms with Crippen LogP contribution in [0.5, 0.6) is 11.5 Å². The number of nitrogens with one attached hydrogen (secondary N) is 1. The highest BCUT2D eigenvalue weighted by molar-refractivity contribution is 7.89. The Labute approximate surface area is 199 Å². The van der Waals surface area contributed by atoms with Crippen molar-refractivity contribution in [2.24, 2.45) is 0 Å². The van der Waals surface area contributed by atoms with Gasteiger partial charge in [-0.2, -0.15) is 4.31 Å². The van der Waals surface area contributed by atoms with E-state index in [1.165, 1.54) is 33.3 Å². The Bertz CT molecular complexity index is 1280. The summed E-state index contributed by atoms with van der Waals surface area (Å²) in [4.78, 5) is 24.4. The molecule has 0 saturated heterocycles. The zero-order valence-electron chi connectivity index (χ0n) is 19.1. The second-order valence-corrected chi connectivity index (χ2v) is 9.37. The molecule has 0 unspecified atom stereocenters. The van der Waals surface area contributed by atoms with E-state index in [9.17, 15) is 18.0 Å². The number of carbonyl (C=O) groups excluding carboxylic acids is 2. The predicted octanol–water partition coefficient (Wildman–Crippen LogP) is 3.74. The first-order valence-electron chi connectivity index (χ1n) is 10.4. The van der Waals surface area contributed by atoms with Crippen molar-refractivity contribution >= 4 is 27.4 Å². The van der Waals surface area contributed by atoms with Gasteiger partial charge in [0.2, 0.25) is 15.9 Å². The molecule has 34 heavy (non-hydrogen) atoms. The van der Waals surface area contributed by atoms with Crippen molar-refractivity contribution in [1.29, 1.82) is 0 Å². The Hall–Kier alpha value is -3.69. The average Bonchev–Trinajstić information content (AvgIpc) is 2.84. The quantitative estimate of drug-likeness (QED) is 0.442. The van der Waals surface area contributed by atoms with Crippen molar-refractivity contribution in [2.75, 3.05) is 26.1 Å². The fourth-order valence-electron chi connectivity index (χ4n) is 3.31. The Morgan fingerprint density at radius 2 is 1.65 bits per heavy atom. The number of carbonyl (C=O) groups is 2. The second-order valence-electron chi connectivity index (χ2n) is 7.46. The standard InChI is InChI=1S/C25H26N2O6S/c1-18(28)20-10-7-11-21(14-20)26-25(29)17-27(16-19-8-5-4-6-9-19)34(30,31)24-15-22(32-2)12-13-23(24)33-3/h4-15H,16-17H2,1-3H3,(H,26,29). The summed E-state index contributed by atoms with van der Waals surface area (Å²) in [7, 11) is -1.36. The number of ketones is 1. The van der Waals surface area contributed by atoms with E-state index in [4.69, 9.17) is 9.47 Å². The normalized spacial score (nSPS) is 11.2. The molecular weight excluding hydrogens is 456 g/mol. The van der Waals surface area contributed by atoms with Crippen molar-refractivity contribution in [3.8, 4) is 11.5 Å². The molecule has 0 saturated carbocycles. The molecule has 0 atom stereocenters. The molecule has 1 amide bonds. The fraction of sp³-hybridized carbons (Fsp3) is 0.200. The number of benzene rings is 3. The van der Waals surface area contributed by atoms with Gasteiger partial charge >= 0.3 is 0 Å². The number of hydrogen-bond donors (Lipinski definition) is 1. The predicted molar refractivity (Wildman–Crippen MR) is 129 cm³/mol. The van der Waals surface area contributed by atoms with Crippen molar-refractivity contribution in [2.45, 2.75) is 18.4 Å². The van der Waals surface area contributed by atoms with Gasteiger partial charge in [0.15, 0.2) is 5.78 Å². The Morgan fingerprint density at radius 3 is 2.29 bits per heavy atom. The van der Waals surface area contributed by atoms with Crippen LogP contribution in [0.25, 0.3) is 0 Å². The summed E-state index contributed by atoms with van der Waals surface area (Å²) >= 11 is 0. The summed E-state index contributed by atoms with van der Waals surface area (Å²) in [5, 5.41) is 2.67. The average molecular weight is 483 g/mol. The first-order valence-corrected chi connectivity index (χ1v) is 11.9. The van der Waals surface area contributed by atoms with Gasteiger partial charge in [0.05, 0.1) is 20.8 Å². The van der Waals surface area contributed by atoms with Crippen molar-refractivity contribution in [3.05, 3.63) is 83.9 Å². The van der Waals surface area contributed by atoms with Crippen molar-refractivity contribution in [1.82, 2.24) is 4.31 Å². The molecule has 0 fully saturated rings. The van der Waals surface area contributed by atoms with E-state index >= 15 is 0 Å². The minimum Gasteiger partial charge on any atom is -0.497 e. The lowest BCUT2D eigenvalue weighted by Gasteiger charge is -2.23. The monoisotopic (exact) mass is 482 g/mol. The molecule has 9 heteroatoms. The zero-order chi connectivity index (χ0) is 24.7. The SMILES string of the molecule is COc1ccc(OC)c(S(=O)(=O)N(CC(=O)Nc2cccc(C(C)=O)c2)Cc2ccccc2)c1. The Morgan fingerprint density at radius 1 is 0.912 bits per heavy atom. The molecule has 3 aromatic carbocycles. The molecule has 0 aliphatic carbocycles. The Balaban J connectivity index is 1.95. The number of anilines is 1. The summed E-state index contributed by atoms with van der Waals surface area (Å²) in [6.45, 7) is 0.933. The number of rotatable bonds is 10. The highest BCUT2D eigenvalue weighted by atomic mass is 32.2. The number of hydrogen-bond acceptors (Lipinski definition) is 6. The van der Waals surface area contributed by atoms with Crippen LogP contribution >= 0.6 is 0 Å². The molecule has 0 radical (unpaired) electrons. The van der Waals surface area contributed by atoms with Gasteiger partial charge in [0.1, 0.15) is 16.4 Å². The van der Waals surface area contributed by atoms with Gasteiger partial charge in [-0.1, -0.05) is 42.5 Å². The van der Waals surface area contributed by atoms with Crippen LogP contribution in [0.2, 0.25) is 0 Å². The summed E-state index contributed by atoms with van der Waals surface area (Å²) < 4.78 is 38.9. The molecule has 0 aliphatic rings. The van der Waals surface area contributed by atoms with Gasteiger partial charge in [-0.25, -0.2) is 8.42 Å². The molecule has 0 aliphatic heterocycles. The molecule has 0 spiro atoms. The topological polar surface area (TPSA) is 102 Å². The van der Waals surface area contributed by atoms with Gasteiger partial charge in [-0.15, -0.1) is 0 Å². The van der Waals surface area contributed by atoms with Gasteiger partial charge in [-0.3, -0.25) is 9.59 Å². The van der Waals surface area contributed by atoms with E-state index in [1.54, 1.807) is 54.6 Å². The summed E-state index contributed by atoms with van der Waals surface area (Å²) in [6, 6.07) is 19.9. The fourth-order valence-corrected chi connectivity index (χ4v) is 4.87. The van der Waals surface area contributed by atoms with E-state index in [2.05, 4.69) is 5.32 Å². The van der Waals surface area contributed by atoms with Crippen LogP contribution < -0.4 is 14.8 Å². The maximum Gasteiger partial charge on any atom is 0.247 e. The first kappa shape index (κ1) is 24.9. The highest BCUT2D eigenvalue weighted by Gasteiger charge is 2.30. The molecule has 178 valence electrons. The highest BCUT2D eigenvalue weighted by Crippen LogP contribution is 2.31. The minimum atomic E-state index is -4.17. The molecule has 0 heterocycles. The zero-order valence-corrected chi connectivity index (χ0v) is 20.0. The van der Waals surface area contributed by atoms with Gasteiger partial charge in [-0.05, 0) is 36.8 Å². The summed E-state index contributed by atoms with van der Waals surface area (Å²) in [5.74, 6) is -0.227. The van der Waals surface area contributed by atoms with E-state index < -0.39 is 22.5 Å². The first-order chi connectivity index (χ1) is 16.2. The van der Waals surface area contributed by atoms with Crippen LogP contribution in [0.4, 0.5) is 5.69 Å². The smallest absolute Gasteiger partial charge is 0.247 e. The Kier molecular flexibility index (Phi) is 8.04. The van der Waals surface area contributed by atoms with Crippen LogP contribution in [0.1, 0.15) is 22.8 Å². The molecule has 8 nitrogen and oxygen atoms in total. The molecular formula is C25H26N2O6S. The van der Waals surface area contributed by atoms with Crippen LogP contribution in [0, 0.1) is 0 Å². The maximum absolute atomic E-state index is 13.7. The number of Topliss-reactive ketones (excluding diaryl/α,β-unsaturated/α-hetero) is 1. The number of methoxy groups -OCH3 is 2. The van der Waals surface area contributed by atoms with E-state index in [0.717, 1.165) is 4.31 Å². The van der Waals surface area contributed by atoms with Crippen LogP contribution in [-0.4, -0.2) is 45.2 Å². The van der Waals surface area contributed by atoms with Gasteiger partial charge in [0, 0.05) is 23.9 Å². The second kappa shape index (κ2) is 11.0. The summed E-state index contributed by atoms with van der Waals surface area (Å²) in [6.07, 6.45) is 0. The largest absolute Gasteiger partial charge is 0.497 e. The van der Waals surface area contributed by atoms with E-state index in [-0.39, 0.29) is 23.0 Å². The number of amides is 1. The maximum atomic E-state index is 13.7. The minimum absolute atomic E-state index is 0.0373. The lowest BCUT2D eigenvalue weighted by atomic mass is 10.1. The molecule has 0 bridgehead atoms. The van der Waals surface area contributed by atoms with Crippen molar-refractivity contribution in [3.63, 3.8) is 0 Å². The van der Waals surface area contributed by atoms with E-state index in [0.29, 0.717) is 22.6 Å². The number of nitrogens with zero attached hydrogens (tertiary/aromatic N) is 1. The molecule has 3 aromatic rings.